The van der Waals surface area contributed by atoms with Crippen molar-refractivity contribution in [1.29, 1.82) is 0 Å². The predicted molar refractivity (Wildman–Crippen MR) is 83.7 cm³/mol. The molecule has 21 heavy (non-hydrogen) atoms. The summed E-state index contributed by atoms with van der Waals surface area (Å²) >= 11 is 0. The molecule has 0 unspecified atom stereocenters. The molecule has 0 atom stereocenters. The van der Waals surface area contributed by atoms with Gasteiger partial charge in [-0.05, 0) is 69.7 Å². The van der Waals surface area contributed by atoms with E-state index in [0.29, 0.717) is 4.90 Å². The van der Waals surface area contributed by atoms with Gasteiger partial charge in [0, 0.05) is 11.6 Å². The van der Waals surface area contributed by atoms with E-state index < -0.39 is 10.0 Å². The first-order valence-electron chi connectivity index (χ1n) is 7.83. The average Bonchev–Trinajstić information content (AvgIpc) is 3.21. The van der Waals surface area contributed by atoms with Crippen LogP contribution in [0.5, 0.6) is 0 Å². The number of benzene rings is 1. The van der Waals surface area contributed by atoms with Crippen LogP contribution in [0.1, 0.15) is 44.6 Å². The Bertz CT molecular complexity index is 587. The van der Waals surface area contributed by atoms with Gasteiger partial charge in [-0.25, -0.2) is 13.1 Å². The highest BCUT2D eigenvalue weighted by molar-refractivity contribution is 7.89. The Morgan fingerprint density at radius 1 is 1.19 bits per heavy atom. The maximum Gasteiger partial charge on any atom is 0.241 e. The van der Waals surface area contributed by atoms with Gasteiger partial charge >= 0.3 is 0 Å². The minimum atomic E-state index is -3.39. The van der Waals surface area contributed by atoms with Gasteiger partial charge in [-0.2, -0.15) is 0 Å². The summed E-state index contributed by atoms with van der Waals surface area (Å²) in [5.74, 6) is 0. The Kier molecular flexibility index (Phi) is 4.08. The lowest BCUT2D eigenvalue weighted by molar-refractivity contribution is 0.248. The third-order valence-corrected chi connectivity index (χ3v) is 6.15. The molecule has 2 aliphatic carbocycles. The van der Waals surface area contributed by atoms with Crippen LogP contribution >= 0.6 is 0 Å². The number of rotatable bonds is 7. The van der Waals surface area contributed by atoms with E-state index in [1.807, 2.05) is 19.1 Å². The molecule has 4 nitrogen and oxygen atoms in total. The first-order valence-corrected chi connectivity index (χ1v) is 9.32. The first kappa shape index (κ1) is 15.0. The van der Waals surface area contributed by atoms with Gasteiger partial charge in [0.15, 0.2) is 0 Å². The highest BCUT2D eigenvalue weighted by Gasteiger charge is 2.36. The summed E-state index contributed by atoms with van der Waals surface area (Å²) in [7, 11) is -3.39. The van der Waals surface area contributed by atoms with Crippen molar-refractivity contribution in [1.82, 2.24) is 10.0 Å². The van der Waals surface area contributed by atoms with E-state index in [1.54, 1.807) is 12.1 Å². The molecule has 0 saturated heterocycles. The van der Waals surface area contributed by atoms with Crippen molar-refractivity contribution < 1.29 is 8.42 Å². The SMILES string of the molecule is CC1(NS(=O)(=O)c2ccc(CCNC3CC3)cc2)CCC1. The minimum absolute atomic E-state index is 0.244. The molecule has 0 aromatic heterocycles. The molecule has 2 N–H and O–H groups in total. The summed E-state index contributed by atoms with van der Waals surface area (Å²) in [5, 5.41) is 3.47. The van der Waals surface area contributed by atoms with E-state index in [0.717, 1.165) is 38.3 Å². The summed E-state index contributed by atoms with van der Waals surface area (Å²) in [5.41, 5.74) is 0.933. The zero-order valence-corrected chi connectivity index (χ0v) is 13.4. The van der Waals surface area contributed by atoms with Gasteiger partial charge in [-0.15, -0.1) is 0 Å². The normalized spacial score (nSPS) is 21.0. The fourth-order valence-corrected chi connectivity index (χ4v) is 4.20. The lowest BCUT2D eigenvalue weighted by Crippen LogP contribution is -2.50. The van der Waals surface area contributed by atoms with Gasteiger partial charge in [0.1, 0.15) is 0 Å². The number of hydrogen-bond donors (Lipinski definition) is 2. The van der Waals surface area contributed by atoms with Crippen LogP contribution in [0.15, 0.2) is 29.2 Å². The average molecular weight is 308 g/mol. The molecule has 0 radical (unpaired) electrons. The Balaban J connectivity index is 1.59. The molecule has 1 aromatic carbocycles. The summed E-state index contributed by atoms with van der Waals surface area (Å²) < 4.78 is 27.5. The van der Waals surface area contributed by atoms with E-state index in [2.05, 4.69) is 10.0 Å². The van der Waals surface area contributed by atoms with Crippen LogP contribution in [0, 0.1) is 0 Å². The van der Waals surface area contributed by atoms with Crippen LogP contribution in [0.25, 0.3) is 0 Å². The number of nitrogens with one attached hydrogen (secondary N) is 2. The maximum absolute atomic E-state index is 12.3. The van der Waals surface area contributed by atoms with Crippen molar-refractivity contribution >= 4 is 10.0 Å². The van der Waals surface area contributed by atoms with Crippen molar-refractivity contribution in [2.45, 2.75) is 61.9 Å². The van der Waals surface area contributed by atoms with E-state index >= 15 is 0 Å². The molecule has 1 aromatic rings. The molecule has 2 saturated carbocycles. The molecule has 116 valence electrons. The highest BCUT2D eigenvalue weighted by Crippen LogP contribution is 2.32. The van der Waals surface area contributed by atoms with Crippen LogP contribution in [0.4, 0.5) is 0 Å². The second kappa shape index (κ2) is 5.71. The largest absolute Gasteiger partial charge is 0.314 e. The first-order chi connectivity index (χ1) is 9.97. The molecular weight excluding hydrogens is 284 g/mol. The van der Waals surface area contributed by atoms with Gasteiger partial charge in [-0.1, -0.05) is 12.1 Å². The molecule has 0 spiro atoms. The van der Waals surface area contributed by atoms with E-state index in [4.69, 9.17) is 0 Å². The molecular formula is C16H24N2O2S. The van der Waals surface area contributed by atoms with E-state index in [-0.39, 0.29) is 5.54 Å². The zero-order valence-electron chi connectivity index (χ0n) is 12.6. The van der Waals surface area contributed by atoms with Crippen LogP contribution in [-0.2, 0) is 16.4 Å². The van der Waals surface area contributed by atoms with Gasteiger partial charge < -0.3 is 5.32 Å². The molecule has 0 aliphatic heterocycles. The van der Waals surface area contributed by atoms with Crippen LogP contribution in [-0.4, -0.2) is 26.5 Å². The highest BCUT2D eigenvalue weighted by atomic mass is 32.2. The smallest absolute Gasteiger partial charge is 0.241 e. The lowest BCUT2D eigenvalue weighted by atomic mass is 9.80. The van der Waals surface area contributed by atoms with Crippen molar-refractivity contribution in [2.24, 2.45) is 0 Å². The van der Waals surface area contributed by atoms with Crippen molar-refractivity contribution in [3.8, 4) is 0 Å². The van der Waals surface area contributed by atoms with Crippen molar-refractivity contribution in [3.63, 3.8) is 0 Å². The monoisotopic (exact) mass is 308 g/mol. The van der Waals surface area contributed by atoms with Crippen molar-refractivity contribution in [2.75, 3.05) is 6.54 Å². The fraction of sp³-hybridized carbons (Fsp3) is 0.625. The van der Waals surface area contributed by atoms with Crippen LogP contribution in [0.3, 0.4) is 0 Å². The summed E-state index contributed by atoms with van der Waals surface area (Å²) in [4.78, 5) is 0.370. The van der Waals surface area contributed by atoms with Crippen molar-refractivity contribution in [3.05, 3.63) is 29.8 Å². The third kappa shape index (κ3) is 3.84. The molecule has 5 heteroatoms. The molecule has 2 aliphatic rings. The van der Waals surface area contributed by atoms with Crippen LogP contribution < -0.4 is 10.0 Å². The summed E-state index contributed by atoms with van der Waals surface area (Å²) in [6, 6.07) is 8.00. The fourth-order valence-electron chi connectivity index (χ4n) is 2.74. The Hall–Kier alpha value is -0.910. The van der Waals surface area contributed by atoms with Gasteiger partial charge in [0.05, 0.1) is 4.90 Å². The van der Waals surface area contributed by atoms with Gasteiger partial charge in [-0.3, -0.25) is 0 Å². The summed E-state index contributed by atoms with van der Waals surface area (Å²) in [6.07, 6.45) is 6.49. The minimum Gasteiger partial charge on any atom is -0.314 e. The number of hydrogen-bond acceptors (Lipinski definition) is 3. The molecule has 2 fully saturated rings. The van der Waals surface area contributed by atoms with E-state index in [1.165, 1.54) is 18.4 Å². The zero-order chi connectivity index (χ0) is 14.9. The summed E-state index contributed by atoms with van der Waals surface area (Å²) in [6.45, 7) is 2.94. The van der Waals surface area contributed by atoms with Gasteiger partial charge in [0.25, 0.3) is 0 Å². The Morgan fingerprint density at radius 3 is 2.38 bits per heavy atom. The topological polar surface area (TPSA) is 58.2 Å². The quantitative estimate of drug-likeness (QED) is 0.812. The van der Waals surface area contributed by atoms with Crippen LogP contribution in [0.2, 0.25) is 0 Å². The Labute approximate surface area is 127 Å². The second-order valence-electron chi connectivity index (χ2n) is 6.64. The molecule has 0 bridgehead atoms. The maximum atomic E-state index is 12.3. The molecule has 0 heterocycles. The lowest BCUT2D eigenvalue weighted by Gasteiger charge is -2.38. The van der Waals surface area contributed by atoms with E-state index in [9.17, 15) is 8.42 Å². The number of sulfonamides is 1. The second-order valence-corrected chi connectivity index (χ2v) is 8.32. The predicted octanol–water partition coefficient (Wildman–Crippen LogP) is 2.20. The standard InChI is InChI=1S/C16H24N2O2S/c1-16(10-2-11-16)18-21(19,20)15-7-3-13(4-8-15)9-12-17-14-5-6-14/h3-4,7-8,14,17-18H,2,5-6,9-12H2,1H3. The van der Waals surface area contributed by atoms with Gasteiger partial charge in [0.2, 0.25) is 10.0 Å². The Morgan fingerprint density at radius 2 is 1.86 bits per heavy atom. The molecule has 0 amide bonds. The molecule has 3 rings (SSSR count). The third-order valence-electron chi connectivity index (χ3n) is 4.50.